The van der Waals surface area contributed by atoms with Crippen molar-refractivity contribution in [2.75, 3.05) is 12.4 Å². The van der Waals surface area contributed by atoms with E-state index in [0.29, 0.717) is 5.75 Å². The largest absolute Gasteiger partial charge is 0.396 e. The second-order valence-electron chi connectivity index (χ2n) is 2.18. The van der Waals surface area contributed by atoms with Crippen molar-refractivity contribution in [3.05, 3.63) is 28.4 Å². The van der Waals surface area contributed by atoms with Crippen LogP contribution in [0.3, 0.4) is 0 Å². The number of aliphatic hydroxyl groups excluding tert-OH is 1. The highest BCUT2D eigenvalue weighted by atomic mass is 32.2. The van der Waals surface area contributed by atoms with E-state index in [9.17, 15) is 10.1 Å². The molecule has 1 rings (SSSR count). The first-order chi connectivity index (χ1) is 6.24. The Bertz CT molecular complexity index is 288. The molecule has 0 bridgehead atoms. The van der Waals surface area contributed by atoms with Crippen molar-refractivity contribution in [2.24, 2.45) is 0 Å². The van der Waals surface area contributed by atoms with Crippen LogP contribution in [-0.4, -0.2) is 27.4 Å². The number of aliphatic hydroxyl groups is 1. The van der Waals surface area contributed by atoms with Gasteiger partial charge in [0.1, 0.15) is 0 Å². The predicted molar refractivity (Wildman–Crippen MR) is 48.7 cm³/mol. The molecule has 0 atom stereocenters. The number of pyridine rings is 1. The average molecular weight is 200 g/mol. The molecule has 6 heteroatoms. The zero-order chi connectivity index (χ0) is 9.68. The molecule has 0 spiro atoms. The molecule has 0 aromatic carbocycles. The van der Waals surface area contributed by atoms with E-state index in [4.69, 9.17) is 5.11 Å². The molecule has 0 unspecified atom stereocenters. The van der Waals surface area contributed by atoms with Gasteiger partial charge in [0, 0.05) is 11.8 Å². The Labute approximate surface area is 79.0 Å². The fourth-order valence-corrected chi connectivity index (χ4v) is 1.35. The van der Waals surface area contributed by atoms with Crippen LogP contribution in [0.1, 0.15) is 0 Å². The first-order valence-electron chi connectivity index (χ1n) is 3.58. The summed E-state index contributed by atoms with van der Waals surface area (Å²) in [7, 11) is 0. The molecule has 0 saturated heterocycles. The summed E-state index contributed by atoms with van der Waals surface area (Å²) in [5.41, 5.74) is 0. The van der Waals surface area contributed by atoms with Crippen molar-refractivity contribution in [3.8, 4) is 0 Å². The molecule has 0 fully saturated rings. The molecular weight excluding hydrogens is 192 g/mol. The van der Waals surface area contributed by atoms with Crippen LogP contribution in [-0.2, 0) is 0 Å². The minimum Gasteiger partial charge on any atom is -0.396 e. The quantitative estimate of drug-likeness (QED) is 0.447. The molecule has 5 nitrogen and oxygen atoms in total. The lowest BCUT2D eigenvalue weighted by Gasteiger charge is -1.95. The smallest absolute Gasteiger partial charge is 0.363 e. The van der Waals surface area contributed by atoms with Gasteiger partial charge in [-0.25, -0.2) is 0 Å². The molecule has 0 aliphatic rings. The van der Waals surface area contributed by atoms with Crippen molar-refractivity contribution in [3.63, 3.8) is 0 Å². The lowest BCUT2D eigenvalue weighted by molar-refractivity contribution is -0.389. The lowest BCUT2D eigenvalue weighted by Crippen LogP contribution is -1.91. The van der Waals surface area contributed by atoms with Crippen molar-refractivity contribution < 1.29 is 10.0 Å². The van der Waals surface area contributed by atoms with Gasteiger partial charge in [-0.3, -0.25) is 0 Å². The number of hydrogen-bond donors (Lipinski definition) is 1. The minimum atomic E-state index is -0.541. The molecule has 1 aromatic rings. The number of nitro groups is 1. The standard InChI is InChI=1S/C7H8N2O3S/c10-3-4-13-6-1-2-7(8-5-6)9(11)12/h1-2,5,10H,3-4H2. The molecule has 0 aliphatic heterocycles. The summed E-state index contributed by atoms with van der Waals surface area (Å²) in [6.45, 7) is 0.0850. The van der Waals surface area contributed by atoms with Gasteiger partial charge < -0.3 is 15.2 Å². The van der Waals surface area contributed by atoms with Gasteiger partial charge in [0.2, 0.25) is 0 Å². The van der Waals surface area contributed by atoms with Gasteiger partial charge in [0.25, 0.3) is 0 Å². The van der Waals surface area contributed by atoms with Crippen LogP contribution in [0.5, 0.6) is 0 Å². The van der Waals surface area contributed by atoms with Crippen LogP contribution in [0, 0.1) is 10.1 Å². The summed E-state index contributed by atoms with van der Waals surface area (Å²) in [6.07, 6.45) is 1.43. The van der Waals surface area contributed by atoms with Crippen molar-refractivity contribution in [1.29, 1.82) is 0 Å². The summed E-state index contributed by atoms with van der Waals surface area (Å²) < 4.78 is 0. The third kappa shape index (κ3) is 3.00. The Balaban J connectivity index is 2.64. The Hall–Kier alpha value is -1.14. The zero-order valence-corrected chi connectivity index (χ0v) is 7.53. The molecule has 1 heterocycles. The minimum absolute atomic E-state index is 0.0850. The fraction of sp³-hybridized carbons (Fsp3) is 0.286. The van der Waals surface area contributed by atoms with E-state index in [1.165, 1.54) is 24.0 Å². The Morgan fingerprint density at radius 3 is 2.85 bits per heavy atom. The number of hydrogen-bond acceptors (Lipinski definition) is 5. The monoisotopic (exact) mass is 200 g/mol. The Morgan fingerprint density at radius 1 is 1.62 bits per heavy atom. The van der Waals surface area contributed by atoms with E-state index in [2.05, 4.69) is 4.98 Å². The van der Waals surface area contributed by atoms with Crippen LogP contribution < -0.4 is 0 Å². The second-order valence-corrected chi connectivity index (χ2v) is 3.35. The van der Waals surface area contributed by atoms with Gasteiger partial charge in [-0.2, -0.15) is 0 Å². The molecular formula is C7H8N2O3S. The molecule has 0 saturated carbocycles. The van der Waals surface area contributed by atoms with Crippen LogP contribution in [0.4, 0.5) is 5.82 Å². The Kier molecular flexibility index (Phi) is 3.66. The highest BCUT2D eigenvalue weighted by molar-refractivity contribution is 7.99. The first kappa shape index (κ1) is 9.94. The Morgan fingerprint density at radius 2 is 2.38 bits per heavy atom. The normalized spacial score (nSPS) is 9.92. The van der Waals surface area contributed by atoms with Crippen molar-refractivity contribution >= 4 is 17.6 Å². The van der Waals surface area contributed by atoms with E-state index in [0.717, 1.165) is 4.90 Å². The van der Waals surface area contributed by atoms with E-state index >= 15 is 0 Å². The highest BCUT2D eigenvalue weighted by Gasteiger charge is 2.05. The van der Waals surface area contributed by atoms with E-state index < -0.39 is 4.92 Å². The number of thioether (sulfide) groups is 1. The van der Waals surface area contributed by atoms with Gasteiger partial charge >= 0.3 is 5.82 Å². The van der Waals surface area contributed by atoms with Crippen LogP contribution in [0.25, 0.3) is 0 Å². The second kappa shape index (κ2) is 4.78. The van der Waals surface area contributed by atoms with Crippen molar-refractivity contribution in [1.82, 2.24) is 4.98 Å². The summed E-state index contributed by atoms with van der Waals surface area (Å²) >= 11 is 1.41. The fourth-order valence-electron chi connectivity index (χ4n) is 0.729. The number of nitrogens with zero attached hydrogens (tertiary/aromatic N) is 2. The molecule has 0 aliphatic carbocycles. The maximum Gasteiger partial charge on any atom is 0.363 e. The number of rotatable bonds is 4. The third-order valence-electron chi connectivity index (χ3n) is 1.27. The first-order valence-corrected chi connectivity index (χ1v) is 4.56. The van der Waals surface area contributed by atoms with Gasteiger partial charge in [-0.05, 0) is 16.0 Å². The topological polar surface area (TPSA) is 76.3 Å². The van der Waals surface area contributed by atoms with E-state index in [1.807, 2.05) is 0 Å². The van der Waals surface area contributed by atoms with Gasteiger partial charge in [0.15, 0.2) is 6.20 Å². The zero-order valence-electron chi connectivity index (χ0n) is 6.71. The van der Waals surface area contributed by atoms with Gasteiger partial charge in [-0.1, -0.05) is 0 Å². The summed E-state index contributed by atoms with van der Waals surface area (Å²) in [5, 5.41) is 18.7. The molecule has 0 amide bonds. The van der Waals surface area contributed by atoms with Crippen LogP contribution >= 0.6 is 11.8 Å². The van der Waals surface area contributed by atoms with Crippen LogP contribution in [0.15, 0.2) is 23.2 Å². The maximum atomic E-state index is 10.2. The molecule has 70 valence electrons. The van der Waals surface area contributed by atoms with E-state index in [1.54, 1.807) is 6.07 Å². The molecule has 1 aromatic heterocycles. The van der Waals surface area contributed by atoms with Gasteiger partial charge in [-0.15, -0.1) is 11.8 Å². The summed E-state index contributed by atoms with van der Waals surface area (Å²) in [6, 6.07) is 2.96. The van der Waals surface area contributed by atoms with E-state index in [-0.39, 0.29) is 12.4 Å². The predicted octanol–water partition coefficient (Wildman–Crippen LogP) is 1.07. The maximum absolute atomic E-state index is 10.2. The summed E-state index contributed by atoms with van der Waals surface area (Å²) in [5.74, 6) is 0.410. The SMILES string of the molecule is O=[N+]([O-])c1ccc(SCCO)cn1. The average Bonchev–Trinajstić information content (AvgIpc) is 2.15. The third-order valence-corrected chi connectivity index (χ3v) is 2.23. The van der Waals surface area contributed by atoms with Crippen LogP contribution in [0.2, 0.25) is 0 Å². The highest BCUT2D eigenvalue weighted by Crippen LogP contribution is 2.18. The van der Waals surface area contributed by atoms with Crippen molar-refractivity contribution in [2.45, 2.75) is 4.90 Å². The molecule has 1 N–H and O–H groups in total. The summed E-state index contributed by atoms with van der Waals surface area (Å²) in [4.78, 5) is 14.1. The van der Waals surface area contributed by atoms with Gasteiger partial charge in [0.05, 0.1) is 11.5 Å². The molecule has 13 heavy (non-hydrogen) atoms. The lowest BCUT2D eigenvalue weighted by atomic mass is 10.5. The number of aromatic nitrogens is 1. The molecule has 0 radical (unpaired) electrons.